The maximum Gasteiger partial charge on any atom is 0.258 e. The molecular weight excluding hydrogens is 364 g/mol. The third-order valence-electron chi connectivity index (χ3n) is 4.37. The SMILES string of the molecule is COc1ccccc1C(CNC(=O)COc1c(C)cccc1C)N(C)C.Cl. The van der Waals surface area contributed by atoms with Gasteiger partial charge in [0.05, 0.1) is 13.2 Å². The van der Waals surface area contributed by atoms with Gasteiger partial charge in [0.25, 0.3) is 5.91 Å². The fourth-order valence-corrected chi connectivity index (χ4v) is 2.94. The number of likely N-dealkylation sites (N-methyl/N-ethyl adjacent to an activating group) is 1. The van der Waals surface area contributed by atoms with Crippen molar-refractivity contribution in [1.82, 2.24) is 10.2 Å². The van der Waals surface area contributed by atoms with E-state index in [9.17, 15) is 4.79 Å². The number of hydrogen-bond donors (Lipinski definition) is 1. The van der Waals surface area contributed by atoms with Crippen LogP contribution in [0, 0.1) is 13.8 Å². The van der Waals surface area contributed by atoms with Crippen LogP contribution >= 0.6 is 12.4 Å². The van der Waals surface area contributed by atoms with Gasteiger partial charge >= 0.3 is 0 Å². The first kappa shape index (κ1) is 22.8. The monoisotopic (exact) mass is 392 g/mol. The molecule has 0 saturated heterocycles. The number of carbonyl (C=O) groups is 1. The first-order valence-corrected chi connectivity index (χ1v) is 8.69. The third kappa shape index (κ3) is 6.15. The molecule has 1 N–H and O–H groups in total. The topological polar surface area (TPSA) is 50.8 Å². The van der Waals surface area contributed by atoms with Gasteiger partial charge in [0.1, 0.15) is 11.5 Å². The number of halogens is 1. The highest BCUT2D eigenvalue weighted by atomic mass is 35.5. The quantitative estimate of drug-likeness (QED) is 0.746. The zero-order chi connectivity index (χ0) is 19.1. The fraction of sp³-hybridized carbons (Fsp3) is 0.381. The molecule has 0 aliphatic heterocycles. The molecule has 0 radical (unpaired) electrons. The molecule has 0 heterocycles. The lowest BCUT2D eigenvalue weighted by Gasteiger charge is -2.26. The lowest BCUT2D eigenvalue weighted by Crippen LogP contribution is -2.37. The number of amides is 1. The number of hydrogen-bond acceptors (Lipinski definition) is 4. The average molecular weight is 393 g/mol. The second kappa shape index (κ2) is 10.8. The van der Waals surface area contributed by atoms with Crippen LogP contribution in [-0.2, 0) is 4.79 Å². The first-order valence-electron chi connectivity index (χ1n) is 8.69. The molecule has 0 saturated carbocycles. The Labute approximate surface area is 168 Å². The van der Waals surface area contributed by atoms with Gasteiger partial charge in [0, 0.05) is 12.1 Å². The second-order valence-electron chi connectivity index (χ2n) is 6.54. The van der Waals surface area contributed by atoms with Crippen molar-refractivity contribution < 1.29 is 14.3 Å². The van der Waals surface area contributed by atoms with Crippen LogP contribution in [-0.4, -0.2) is 45.2 Å². The smallest absolute Gasteiger partial charge is 0.258 e. The Kier molecular flexibility index (Phi) is 9.12. The molecule has 2 aromatic rings. The van der Waals surface area contributed by atoms with Crippen molar-refractivity contribution in [2.45, 2.75) is 19.9 Å². The summed E-state index contributed by atoms with van der Waals surface area (Å²) in [5.74, 6) is 1.44. The van der Waals surface area contributed by atoms with Gasteiger partial charge in [0.2, 0.25) is 0 Å². The van der Waals surface area contributed by atoms with E-state index >= 15 is 0 Å². The number of para-hydroxylation sites is 2. The van der Waals surface area contributed by atoms with Crippen LogP contribution in [0.15, 0.2) is 42.5 Å². The predicted molar refractivity (Wildman–Crippen MR) is 111 cm³/mol. The van der Waals surface area contributed by atoms with Gasteiger partial charge in [-0.15, -0.1) is 12.4 Å². The van der Waals surface area contributed by atoms with E-state index in [0.29, 0.717) is 6.54 Å². The van der Waals surface area contributed by atoms with Crippen LogP contribution in [0.1, 0.15) is 22.7 Å². The summed E-state index contributed by atoms with van der Waals surface area (Å²) in [6.45, 7) is 4.42. The summed E-state index contributed by atoms with van der Waals surface area (Å²) in [7, 11) is 5.62. The Bertz CT molecular complexity index is 730. The summed E-state index contributed by atoms with van der Waals surface area (Å²) in [5.41, 5.74) is 3.09. The third-order valence-corrected chi connectivity index (χ3v) is 4.37. The summed E-state index contributed by atoms with van der Waals surface area (Å²) < 4.78 is 11.2. The average Bonchev–Trinajstić information content (AvgIpc) is 2.61. The molecular formula is C21H29ClN2O3. The number of nitrogens with one attached hydrogen (secondary N) is 1. The number of methoxy groups -OCH3 is 1. The standard InChI is InChI=1S/C21H28N2O3.ClH/c1-15-9-8-10-16(2)21(15)26-14-20(24)22-13-18(23(3)4)17-11-6-7-12-19(17)25-5;/h6-12,18H,13-14H2,1-5H3,(H,22,24);1H. The van der Waals surface area contributed by atoms with E-state index in [4.69, 9.17) is 9.47 Å². The number of aryl methyl sites for hydroxylation is 2. The van der Waals surface area contributed by atoms with E-state index in [1.807, 2.05) is 70.4 Å². The van der Waals surface area contributed by atoms with Crippen molar-refractivity contribution in [3.63, 3.8) is 0 Å². The Morgan fingerprint density at radius 2 is 1.70 bits per heavy atom. The van der Waals surface area contributed by atoms with Crippen LogP contribution in [0.2, 0.25) is 0 Å². The van der Waals surface area contributed by atoms with E-state index in [0.717, 1.165) is 28.2 Å². The molecule has 1 unspecified atom stereocenters. The zero-order valence-corrected chi connectivity index (χ0v) is 17.4. The number of benzene rings is 2. The summed E-state index contributed by atoms with van der Waals surface area (Å²) in [4.78, 5) is 14.3. The molecule has 2 aromatic carbocycles. The van der Waals surface area contributed by atoms with Crippen molar-refractivity contribution >= 4 is 18.3 Å². The van der Waals surface area contributed by atoms with Crippen molar-refractivity contribution in [2.75, 3.05) is 34.4 Å². The number of nitrogens with zero attached hydrogens (tertiary/aromatic N) is 1. The summed E-state index contributed by atoms with van der Waals surface area (Å²) in [6, 6.07) is 13.8. The van der Waals surface area contributed by atoms with Gasteiger partial charge in [-0.1, -0.05) is 36.4 Å². The second-order valence-corrected chi connectivity index (χ2v) is 6.54. The molecule has 0 aromatic heterocycles. The Morgan fingerprint density at radius 3 is 2.30 bits per heavy atom. The first-order chi connectivity index (χ1) is 12.4. The molecule has 148 valence electrons. The Balaban J connectivity index is 0.00000364. The molecule has 2 rings (SSSR count). The fourth-order valence-electron chi connectivity index (χ4n) is 2.94. The van der Waals surface area contributed by atoms with Crippen molar-refractivity contribution in [1.29, 1.82) is 0 Å². The largest absolute Gasteiger partial charge is 0.496 e. The van der Waals surface area contributed by atoms with Crippen LogP contribution < -0.4 is 14.8 Å². The van der Waals surface area contributed by atoms with Crippen molar-refractivity contribution in [3.05, 3.63) is 59.2 Å². The molecule has 0 fully saturated rings. The van der Waals surface area contributed by atoms with E-state index in [1.54, 1.807) is 7.11 Å². The van der Waals surface area contributed by atoms with Gasteiger partial charge in [0.15, 0.2) is 6.61 Å². The highest BCUT2D eigenvalue weighted by Crippen LogP contribution is 2.27. The molecule has 0 spiro atoms. The van der Waals surface area contributed by atoms with E-state index in [1.165, 1.54) is 0 Å². The summed E-state index contributed by atoms with van der Waals surface area (Å²) in [5, 5.41) is 2.96. The van der Waals surface area contributed by atoms with Gasteiger partial charge < -0.3 is 19.7 Å². The highest BCUT2D eigenvalue weighted by molar-refractivity contribution is 5.85. The minimum atomic E-state index is -0.144. The minimum Gasteiger partial charge on any atom is -0.496 e. The Hall–Kier alpha value is -2.24. The van der Waals surface area contributed by atoms with E-state index < -0.39 is 0 Å². The zero-order valence-electron chi connectivity index (χ0n) is 16.6. The predicted octanol–water partition coefficient (Wildman–Crippen LogP) is 3.53. The molecule has 1 atom stereocenters. The lowest BCUT2D eigenvalue weighted by molar-refractivity contribution is -0.123. The van der Waals surface area contributed by atoms with Crippen molar-refractivity contribution in [3.8, 4) is 11.5 Å². The Morgan fingerprint density at radius 1 is 1.07 bits per heavy atom. The summed E-state index contributed by atoms with van der Waals surface area (Å²) in [6.07, 6.45) is 0. The lowest BCUT2D eigenvalue weighted by atomic mass is 10.0. The molecule has 5 nitrogen and oxygen atoms in total. The van der Waals surface area contributed by atoms with Crippen LogP contribution in [0.5, 0.6) is 11.5 Å². The van der Waals surface area contributed by atoms with Crippen molar-refractivity contribution in [2.24, 2.45) is 0 Å². The highest BCUT2D eigenvalue weighted by Gasteiger charge is 2.19. The maximum atomic E-state index is 12.3. The molecule has 0 aliphatic carbocycles. The number of rotatable bonds is 8. The van der Waals surface area contributed by atoms with Crippen LogP contribution in [0.4, 0.5) is 0 Å². The van der Waals surface area contributed by atoms with Gasteiger partial charge in [-0.05, 0) is 45.1 Å². The molecule has 0 aliphatic rings. The number of ether oxygens (including phenoxy) is 2. The van der Waals surface area contributed by atoms with Gasteiger partial charge in [-0.2, -0.15) is 0 Å². The van der Waals surface area contributed by atoms with E-state index in [-0.39, 0.29) is 31.0 Å². The molecule has 1 amide bonds. The minimum absolute atomic E-state index is 0. The van der Waals surface area contributed by atoms with E-state index in [2.05, 4.69) is 10.2 Å². The normalized spacial score (nSPS) is 11.5. The van der Waals surface area contributed by atoms with Gasteiger partial charge in [-0.25, -0.2) is 0 Å². The maximum absolute atomic E-state index is 12.3. The van der Waals surface area contributed by atoms with Crippen LogP contribution in [0.3, 0.4) is 0 Å². The van der Waals surface area contributed by atoms with Gasteiger partial charge in [-0.3, -0.25) is 4.79 Å². The number of carbonyl (C=O) groups excluding carboxylic acids is 1. The molecule has 27 heavy (non-hydrogen) atoms. The molecule has 0 bridgehead atoms. The summed E-state index contributed by atoms with van der Waals surface area (Å²) >= 11 is 0. The van der Waals surface area contributed by atoms with Crippen LogP contribution in [0.25, 0.3) is 0 Å². The molecule has 6 heteroatoms.